The number of nitrogens with zero attached hydrogens (tertiary/aromatic N) is 1. The quantitative estimate of drug-likeness (QED) is 0.824. The van der Waals surface area contributed by atoms with Gasteiger partial charge in [0.1, 0.15) is 0 Å². The van der Waals surface area contributed by atoms with Crippen molar-refractivity contribution in [3.8, 4) is 0 Å². The maximum atomic E-state index is 4.70. The summed E-state index contributed by atoms with van der Waals surface area (Å²) in [5, 5.41) is 4.78. The van der Waals surface area contributed by atoms with Gasteiger partial charge in [0.05, 0.1) is 11.2 Å². The number of hydrogen-bond acceptors (Lipinski definition) is 3. The van der Waals surface area contributed by atoms with Crippen LogP contribution in [-0.2, 0) is 6.54 Å². The van der Waals surface area contributed by atoms with E-state index in [1.165, 1.54) is 18.2 Å². The summed E-state index contributed by atoms with van der Waals surface area (Å²) in [7, 11) is 0. The smallest absolute Gasteiger partial charge is 0.0705 e. The Morgan fingerprint density at radius 1 is 1.10 bits per heavy atom. The number of aromatic nitrogens is 1. The van der Waals surface area contributed by atoms with Gasteiger partial charge in [0.2, 0.25) is 0 Å². The minimum Gasteiger partial charge on any atom is -0.310 e. The first-order valence-electron chi connectivity index (χ1n) is 7.33. The van der Waals surface area contributed by atoms with Gasteiger partial charge in [-0.05, 0) is 31.2 Å². The summed E-state index contributed by atoms with van der Waals surface area (Å²) in [6.45, 7) is 6.43. The molecule has 0 bridgehead atoms. The van der Waals surface area contributed by atoms with E-state index in [0.29, 0.717) is 4.75 Å². The van der Waals surface area contributed by atoms with Gasteiger partial charge in [-0.15, -0.1) is 0 Å². The topological polar surface area (TPSA) is 24.9 Å². The van der Waals surface area contributed by atoms with Crippen LogP contribution in [0.3, 0.4) is 0 Å². The number of hydrogen-bond donors (Lipinski definition) is 1. The molecule has 0 amide bonds. The largest absolute Gasteiger partial charge is 0.310 e. The zero-order valence-corrected chi connectivity index (χ0v) is 13.5. The lowest BCUT2D eigenvalue weighted by Gasteiger charge is -2.29. The molecule has 2 nitrogen and oxygen atoms in total. The van der Waals surface area contributed by atoms with E-state index in [0.717, 1.165) is 24.3 Å². The molecular weight excluding hydrogens is 264 g/mol. The van der Waals surface area contributed by atoms with E-state index >= 15 is 0 Å². The Labute approximate surface area is 126 Å². The minimum atomic E-state index is 0.358. The molecule has 3 heteroatoms. The van der Waals surface area contributed by atoms with Crippen molar-refractivity contribution < 1.29 is 0 Å². The van der Waals surface area contributed by atoms with Crippen LogP contribution in [0, 0.1) is 0 Å². The average molecular weight is 288 g/mol. The van der Waals surface area contributed by atoms with E-state index in [9.17, 15) is 0 Å². The predicted octanol–water partition coefficient (Wildman–Crippen LogP) is 4.25. The standard InChI is InChI=1S/C17H24N2S/c1-4-17(5-2,20-3)13-18-12-15-11-10-14-8-6-7-9-16(14)19-15/h6-11,18H,4-5,12-13H2,1-3H3. The third kappa shape index (κ3) is 3.53. The van der Waals surface area contributed by atoms with Crippen molar-refractivity contribution in [1.82, 2.24) is 10.3 Å². The molecule has 1 N–H and O–H groups in total. The molecule has 0 aliphatic carbocycles. The summed E-state index contributed by atoms with van der Waals surface area (Å²) in [5.74, 6) is 0. The van der Waals surface area contributed by atoms with Gasteiger partial charge in [0, 0.05) is 23.2 Å². The molecule has 0 aliphatic rings. The highest BCUT2D eigenvalue weighted by Crippen LogP contribution is 2.29. The molecule has 0 saturated carbocycles. The number of para-hydroxylation sites is 1. The fourth-order valence-corrected chi connectivity index (χ4v) is 3.31. The van der Waals surface area contributed by atoms with Crippen molar-refractivity contribution in [2.24, 2.45) is 0 Å². The summed E-state index contributed by atoms with van der Waals surface area (Å²) in [6, 6.07) is 12.5. The lowest BCUT2D eigenvalue weighted by atomic mass is 10.0. The summed E-state index contributed by atoms with van der Waals surface area (Å²) in [6.07, 6.45) is 4.61. The summed E-state index contributed by atoms with van der Waals surface area (Å²) >= 11 is 1.97. The first-order chi connectivity index (χ1) is 9.73. The second-order valence-electron chi connectivity index (χ2n) is 5.19. The molecule has 0 saturated heterocycles. The van der Waals surface area contributed by atoms with E-state index in [1.54, 1.807) is 0 Å². The molecule has 0 aliphatic heterocycles. The molecule has 1 aromatic carbocycles. The number of rotatable bonds is 7. The molecule has 1 heterocycles. The van der Waals surface area contributed by atoms with Gasteiger partial charge in [-0.25, -0.2) is 0 Å². The van der Waals surface area contributed by atoms with Crippen LogP contribution in [0.25, 0.3) is 10.9 Å². The van der Waals surface area contributed by atoms with Crippen molar-refractivity contribution >= 4 is 22.7 Å². The van der Waals surface area contributed by atoms with Crippen molar-refractivity contribution in [2.75, 3.05) is 12.8 Å². The maximum Gasteiger partial charge on any atom is 0.0705 e. The van der Waals surface area contributed by atoms with Crippen LogP contribution in [0.2, 0.25) is 0 Å². The third-order valence-corrected chi connectivity index (χ3v) is 5.72. The van der Waals surface area contributed by atoms with Gasteiger partial charge in [-0.3, -0.25) is 4.98 Å². The SMILES string of the molecule is CCC(CC)(CNCc1ccc2ccccc2n1)SC. The lowest BCUT2D eigenvalue weighted by molar-refractivity contribution is 0.493. The maximum absolute atomic E-state index is 4.70. The highest BCUT2D eigenvalue weighted by molar-refractivity contribution is 8.00. The Kier molecular flexibility index (Phi) is 5.44. The monoisotopic (exact) mass is 288 g/mol. The molecule has 2 aromatic rings. The lowest BCUT2D eigenvalue weighted by Crippen LogP contribution is -2.36. The molecule has 0 radical (unpaired) electrons. The summed E-state index contributed by atoms with van der Waals surface area (Å²) in [5.41, 5.74) is 2.19. The van der Waals surface area contributed by atoms with Gasteiger partial charge >= 0.3 is 0 Å². The Bertz CT molecular complexity index is 541. The second-order valence-corrected chi connectivity index (χ2v) is 6.47. The highest BCUT2D eigenvalue weighted by atomic mass is 32.2. The average Bonchev–Trinajstić information content (AvgIpc) is 2.52. The number of fused-ring (bicyclic) bond motifs is 1. The van der Waals surface area contributed by atoms with Crippen molar-refractivity contribution in [2.45, 2.75) is 38.0 Å². The van der Waals surface area contributed by atoms with E-state index in [2.05, 4.69) is 55.8 Å². The molecule has 0 spiro atoms. The number of nitrogens with one attached hydrogen (secondary N) is 1. The van der Waals surface area contributed by atoms with Crippen LogP contribution in [0.5, 0.6) is 0 Å². The zero-order chi connectivity index (χ0) is 14.4. The van der Waals surface area contributed by atoms with E-state index < -0.39 is 0 Å². The van der Waals surface area contributed by atoms with Gasteiger partial charge < -0.3 is 5.32 Å². The molecule has 0 fully saturated rings. The van der Waals surface area contributed by atoms with Crippen LogP contribution in [0.15, 0.2) is 36.4 Å². The Hall–Kier alpha value is -1.06. The van der Waals surface area contributed by atoms with Crippen LogP contribution >= 0.6 is 11.8 Å². The molecule has 1 aromatic heterocycles. The van der Waals surface area contributed by atoms with Crippen molar-refractivity contribution in [1.29, 1.82) is 0 Å². The normalized spacial score (nSPS) is 11.9. The number of pyridine rings is 1. The van der Waals surface area contributed by atoms with Crippen molar-refractivity contribution in [3.63, 3.8) is 0 Å². The number of thioether (sulfide) groups is 1. The third-order valence-electron chi connectivity index (χ3n) is 4.13. The van der Waals surface area contributed by atoms with Crippen molar-refractivity contribution in [3.05, 3.63) is 42.1 Å². The van der Waals surface area contributed by atoms with Gasteiger partial charge in [-0.2, -0.15) is 11.8 Å². The molecular formula is C17H24N2S. The Morgan fingerprint density at radius 3 is 2.55 bits per heavy atom. The molecule has 0 unspecified atom stereocenters. The van der Waals surface area contributed by atoms with Crippen LogP contribution < -0.4 is 5.32 Å². The fraction of sp³-hybridized carbons (Fsp3) is 0.471. The zero-order valence-electron chi connectivity index (χ0n) is 12.6. The molecule has 0 atom stereocenters. The van der Waals surface area contributed by atoms with Crippen LogP contribution in [0.1, 0.15) is 32.4 Å². The number of benzene rings is 1. The summed E-state index contributed by atoms with van der Waals surface area (Å²) in [4.78, 5) is 4.70. The van der Waals surface area contributed by atoms with E-state index in [4.69, 9.17) is 4.98 Å². The molecule has 2 rings (SSSR count). The first-order valence-corrected chi connectivity index (χ1v) is 8.56. The van der Waals surface area contributed by atoms with Gasteiger partial charge in [-0.1, -0.05) is 38.1 Å². The van der Waals surface area contributed by atoms with E-state index in [-0.39, 0.29) is 0 Å². The van der Waals surface area contributed by atoms with E-state index in [1.807, 2.05) is 17.8 Å². The Balaban J connectivity index is 1.99. The van der Waals surface area contributed by atoms with Gasteiger partial charge in [0.15, 0.2) is 0 Å². The fourth-order valence-electron chi connectivity index (χ4n) is 2.49. The molecule has 108 valence electrons. The van der Waals surface area contributed by atoms with Crippen LogP contribution in [0.4, 0.5) is 0 Å². The minimum absolute atomic E-state index is 0.358. The first kappa shape index (κ1) is 15.3. The highest BCUT2D eigenvalue weighted by Gasteiger charge is 2.23. The predicted molar refractivity (Wildman–Crippen MR) is 90.3 cm³/mol. The van der Waals surface area contributed by atoms with Crippen LogP contribution in [-0.4, -0.2) is 22.5 Å². The summed E-state index contributed by atoms with van der Waals surface area (Å²) < 4.78 is 0.358. The second kappa shape index (κ2) is 7.09. The van der Waals surface area contributed by atoms with Gasteiger partial charge in [0.25, 0.3) is 0 Å². The molecule has 20 heavy (non-hydrogen) atoms. The Morgan fingerprint density at radius 2 is 1.85 bits per heavy atom.